The third kappa shape index (κ3) is 5.63. The van der Waals surface area contributed by atoms with Gasteiger partial charge in [0, 0.05) is 0 Å². The zero-order valence-corrected chi connectivity index (χ0v) is 20.2. The molecule has 0 bridgehead atoms. The molecule has 0 radical (unpaired) electrons. The first kappa shape index (κ1) is 24.1. The van der Waals surface area contributed by atoms with Gasteiger partial charge in [0.2, 0.25) is 6.79 Å². The van der Waals surface area contributed by atoms with Crippen LogP contribution in [-0.4, -0.2) is 43.0 Å². The van der Waals surface area contributed by atoms with Gasteiger partial charge in [-0.15, -0.1) is 10.2 Å². The van der Waals surface area contributed by atoms with Crippen LogP contribution in [0.25, 0.3) is 11.1 Å². The monoisotopic (exact) mass is 507 g/mol. The number of nitrogens with one attached hydrogen (secondary N) is 2. The number of aromatic amines is 1. The third-order valence-electron chi connectivity index (χ3n) is 6.14. The van der Waals surface area contributed by atoms with Crippen molar-refractivity contribution in [2.75, 3.05) is 6.79 Å². The number of para-hydroxylation sites is 1. The molecule has 36 heavy (non-hydrogen) atoms. The minimum atomic E-state index is -4.51. The van der Waals surface area contributed by atoms with Crippen LogP contribution >= 0.6 is 7.60 Å². The summed E-state index contributed by atoms with van der Waals surface area (Å²) in [6.07, 6.45) is 0.980. The van der Waals surface area contributed by atoms with Crippen molar-refractivity contribution in [3.8, 4) is 22.6 Å². The van der Waals surface area contributed by atoms with Gasteiger partial charge in [0.15, 0.2) is 17.3 Å². The van der Waals surface area contributed by atoms with E-state index >= 15 is 0 Å². The number of nitrogens with zero attached hydrogens (tertiary/aromatic N) is 3. The first-order valence-electron chi connectivity index (χ1n) is 11.5. The summed E-state index contributed by atoms with van der Waals surface area (Å²) in [5.41, 5.74) is 3.99. The minimum Gasteiger partial charge on any atom is -0.454 e. The summed E-state index contributed by atoms with van der Waals surface area (Å²) in [4.78, 5) is 20.3. The van der Waals surface area contributed by atoms with Gasteiger partial charge < -0.3 is 19.3 Å². The standard InChI is InChI=1S/C25H26N5O5P/c31-36(32,33)23(14-13-20-7-4-8-22-24(20)35-16-34-22)26-21(25-27-29-30-28-25)15-17-9-11-19(12-10-17)18-5-2-1-3-6-18/h1-12,21,23,26H,13-16H2,(H2,31,32,33)(H,27,28,29,30). The van der Waals surface area contributed by atoms with Crippen molar-refractivity contribution in [1.82, 2.24) is 25.9 Å². The van der Waals surface area contributed by atoms with Crippen molar-refractivity contribution in [3.05, 3.63) is 89.7 Å². The molecule has 0 amide bonds. The number of fused-ring (bicyclic) bond motifs is 1. The Hall–Kier alpha value is -3.56. The lowest BCUT2D eigenvalue weighted by Crippen LogP contribution is -2.35. The van der Waals surface area contributed by atoms with E-state index in [9.17, 15) is 14.4 Å². The molecule has 186 valence electrons. The van der Waals surface area contributed by atoms with E-state index in [4.69, 9.17) is 9.47 Å². The molecule has 2 atom stereocenters. The highest BCUT2D eigenvalue weighted by Gasteiger charge is 2.33. The van der Waals surface area contributed by atoms with Gasteiger partial charge in [0.1, 0.15) is 5.78 Å². The highest BCUT2D eigenvalue weighted by molar-refractivity contribution is 7.52. The van der Waals surface area contributed by atoms with Crippen molar-refractivity contribution in [2.24, 2.45) is 0 Å². The van der Waals surface area contributed by atoms with Gasteiger partial charge in [0.25, 0.3) is 0 Å². The number of aryl methyl sites for hydroxylation is 1. The van der Waals surface area contributed by atoms with Gasteiger partial charge in [0.05, 0.1) is 6.04 Å². The summed E-state index contributed by atoms with van der Waals surface area (Å²) in [5.74, 6) is 0.465. The molecule has 0 spiro atoms. The maximum absolute atomic E-state index is 12.5. The van der Waals surface area contributed by atoms with Crippen molar-refractivity contribution in [3.63, 3.8) is 0 Å². The van der Waals surface area contributed by atoms with Crippen LogP contribution in [0.4, 0.5) is 0 Å². The Morgan fingerprint density at radius 2 is 1.75 bits per heavy atom. The summed E-state index contributed by atoms with van der Waals surface area (Å²) in [6.45, 7) is 0.134. The summed E-state index contributed by atoms with van der Waals surface area (Å²) in [6, 6.07) is 23.0. The number of ether oxygens (including phenoxy) is 2. The highest BCUT2D eigenvalue weighted by Crippen LogP contribution is 2.44. The lowest BCUT2D eigenvalue weighted by molar-refractivity contribution is 0.173. The van der Waals surface area contributed by atoms with Crippen LogP contribution in [0.5, 0.6) is 11.5 Å². The summed E-state index contributed by atoms with van der Waals surface area (Å²) in [5, 5.41) is 17.3. The Morgan fingerprint density at radius 1 is 0.972 bits per heavy atom. The molecule has 0 fully saturated rings. The maximum atomic E-state index is 12.5. The fourth-order valence-corrected chi connectivity index (χ4v) is 5.14. The van der Waals surface area contributed by atoms with E-state index in [-0.39, 0.29) is 13.2 Å². The fraction of sp³-hybridized carbons (Fsp3) is 0.240. The molecule has 1 aliphatic heterocycles. The average Bonchev–Trinajstić information content (AvgIpc) is 3.59. The van der Waals surface area contributed by atoms with Crippen LogP contribution in [0.2, 0.25) is 0 Å². The highest BCUT2D eigenvalue weighted by atomic mass is 31.2. The second-order valence-electron chi connectivity index (χ2n) is 8.55. The van der Waals surface area contributed by atoms with Crippen LogP contribution in [0.3, 0.4) is 0 Å². The van der Waals surface area contributed by atoms with E-state index in [0.29, 0.717) is 30.2 Å². The van der Waals surface area contributed by atoms with Crippen LogP contribution in [0.1, 0.15) is 29.4 Å². The molecule has 0 saturated carbocycles. The van der Waals surface area contributed by atoms with Gasteiger partial charge in [-0.05, 0) is 47.6 Å². The molecule has 3 aromatic carbocycles. The average molecular weight is 507 g/mol. The minimum absolute atomic E-state index is 0.134. The van der Waals surface area contributed by atoms with Crippen LogP contribution < -0.4 is 14.8 Å². The maximum Gasteiger partial charge on any atom is 0.342 e. The van der Waals surface area contributed by atoms with Crippen molar-refractivity contribution >= 4 is 7.60 Å². The van der Waals surface area contributed by atoms with Gasteiger partial charge in [-0.2, -0.15) is 5.21 Å². The molecule has 2 heterocycles. The fourth-order valence-electron chi connectivity index (χ4n) is 4.30. The van der Waals surface area contributed by atoms with E-state index in [0.717, 1.165) is 22.3 Å². The molecule has 2 unspecified atom stereocenters. The summed E-state index contributed by atoms with van der Waals surface area (Å²) in [7, 11) is -4.51. The second kappa shape index (κ2) is 10.6. The van der Waals surface area contributed by atoms with Gasteiger partial charge in [-0.25, -0.2) is 0 Å². The Bertz CT molecular complexity index is 1330. The molecular weight excluding hydrogens is 481 g/mol. The van der Waals surface area contributed by atoms with E-state index < -0.39 is 19.4 Å². The van der Waals surface area contributed by atoms with Crippen LogP contribution in [0, 0.1) is 0 Å². The number of hydrogen-bond acceptors (Lipinski definition) is 7. The Morgan fingerprint density at radius 3 is 2.47 bits per heavy atom. The molecule has 11 heteroatoms. The summed E-state index contributed by atoms with van der Waals surface area (Å²) >= 11 is 0. The molecule has 1 aliphatic rings. The number of benzene rings is 3. The quantitative estimate of drug-likeness (QED) is 0.237. The Kier molecular flexibility index (Phi) is 7.11. The van der Waals surface area contributed by atoms with E-state index in [1.807, 2.05) is 66.7 Å². The lowest BCUT2D eigenvalue weighted by atomic mass is 10.00. The van der Waals surface area contributed by atoms with E-state index in [1.165, 1.54) is 0 Å². The van der Waals surface area contributed by atoms with Gasteiger partial charge in [-0.3, -0.25) is 9.88 Å². The lowest BCUT2D eigenvalue weighted by Gasteiger charge is -2.25. The molecule has 0 saturated heterocycles. The number of H-pyrrole nitrogens is 1. The molecule has 10 nitrogen and oxygen atoms in total. The number of rotatable bonds is 10. The predicted octanol–water partition coefficient (Wildman–Crippen LogP) is 3.61. The predicted molar refractivity (Wildman–Crippen MR) is 132 cm³/mol. The van der Waals surface area contributed by atoms with Gasteiger partial charge in [-0.1, -0.05) is 71.9 Å². The van der Waals surface area contributed by atoms with Crippen molar-refractivity contribution in [2.45, 2.75) is 31.1 Å². The Balaban J connectivity index is 1.33. The number of tetrazole rings is 1. The van der Waals surface area contributed by atoms with Gasteiger partial charge >= 0.3 is 7.60 Å². The third-order valence-corrected chi connectivity index (χ3v) is 7.36. The topological polar surface area (TPSA) is 142 Å². The van der Waals surface area contributed by atoms with Crippen LogP contribution in [0.15, 0.2) is 72.8 Å². The molecule has 4 N–H and O–H groups in total. The summed E-state index contributed by atoms with van der Waals surface area (Å²) < 4.78 is 23.4. The zero-order valence-electron chi connectivity index (χ0n) is 19.3. The van der Waals surface area contributed by atoms with Crippen molar-refractivity contribution in [1.29, 1.82) is 0 Å². The first-order valence-corrected chi connectivity index (χ1v) is 13.2. The molecule has 0 aliphatic carbocycles. The van der Waals surface area contributed by atoms with Crippen molar-refractivity contribution < 1.29 is 23.8 Å². The zero-order chi connectivity index (χ0) is 25.0. The number of hydrogen-bond donors (Lipinski definition) is 4. The molecular formula is C25H26N5O5P. The number of aromatic nitrogens is 4. The molecule has 1 aromatic heterocycles. The molecule has 5 rings (SSSR count). The molecule has 4 aromatic rings. The smallest absolute Gasteiger partial charge is 0.342 e. The van der Waals surface area contributed by atoms with Crippen LogP contribution in [-0.2, 0) is 17.4 Å². The van der Waals surface area contributed by atoms with E-state index in [1.54, 1.807) is 6.07 Å². The first-order chi connectivity index (χ1) is 17.5. The van der Waals surface area contributed by atoms with E-state index in [2.05, 4.69) is 25.9 Å². The SMILES string of the molecule is O=P(O)(O)C(CCc1cccc2c1OCO2)NC(Cc1ccc(-c2ccccc2)cc1)c1nn[nH]n1. The second-order valence-corrected chi connectivity index (χ2v) is 10.4. The Labute approximate surface area is 207 Å². The largest absolute Gasteiger partial charge is 0.454 e. The normalized spacial score (nSPS) is 14.5.